The van der Waals surface area contributed by atoms with Gasteiger partial charge in [0.1, 0.15) is 0 Å². The van der Waals surface area contributed by atoms with Gasteiger partial charge in [0.05, 0.1) is 0 Å². The fourth-order valence-corrected chi connectivity index (χ4v) is 1.02. The molecule has 1 aliphatic rings. The third kappa shape index (κ3) is 1.44. The number of anilines is 1. The highest BCUT2D eigenvalue weighted by Gasteiger charge is 2.15. The van der Waals surface area contributed by atoms with Gasteiger partial charge in [0.25, 0.3) is 0 Å². The second-order valence-corrected chi connectivity index (χ2v) is 2.60. The van der Waals surface area contributed by atoms with Crippen LogP contribution < -0.4 is 16.5 Å². The third-order valence-electron chi connectivity index (χ3n) is 1.65. The summed E-state index contributed by atoms with van der Waals surface area (Å²) in [5.41, 5.74) is 10.3. The molecule has 0 bridgehead atoms. The number of nitrogen functional groups attached to an aromatic ring is 1. The first kappa shape index (κ1) is 7.60. The normalized spacial score (nSPS) is 14.8. The average molecular weight is 175 g/mol. The Morgan fingerprint density at radius 2 is 1.92 bits per heavy atom. The van der Waals surface area contributed by atoms with Gasteiger partial charge in [0.2, 0.25) is 0 Å². The average Bonchev–Trinajstić information content (AvgIpc) is 2.53. The van der Waals surface area contributed by atoms with Gasteiger partial charge in [-0.1, -0.05) is 5.43 Å². The van der Waals surface area contributed by atoms with Gasteiger partial charge in [-0.15, -0.1) is 5.10 Å². The summed E-state index contributed by atoms with van der Waals surface area (Å²) >= 11 is 0. The van der Waals surface area contributed by atoms with Crippen molar-refractivity contribution in [3.05, 3.63) is 29.8 Å². The highest BCUT2D eigenvalue weighted by atomic mass is 16.2. The quantitative estimate of drug-likeness (QED) is 0.600. The Labute approximate surface area is 74.6 Å². The van der Waals surface area contributed by atoms with Gasteiger partial charge in [0, 0.05) is 11.3 Å². The van der Waals surface area contributed by atoms with Crippen molar-refractivity contribution < 1.29 is 4.79 Å². The van der Waals surface area contributed by atoms with Crippen LogP contribution in [0.15, 0.2) is 29.4 Å². The second kappa shape index (κ2) is 2.78. The van der Waals surface area contributed by atoms with Gasteiger partial charge in [-0.3, -0.25) is 5.32 Å². The summed E-state index contributed by atoms with van der Waals surface area (Å²) in [5, 5.41) is 6.15. The Hall–Kier alpha value is -2.04. The van der Waals surface area contributed by atoms with Crippen LogP contribution in [0.5, 0.6) is 0 Å². The Balaban J connectivity index is 2.27. The lowest BCUT2D eigenvalue weighted by molar-refractivity contribution is 0.247. The molecule has 0 fully saturated rings. The Morgan fingerprint density at radius 3 is 2.46 bits per heavy atom. The fourth-order valence-electron chi connectivity index (χ4n) is 1.02. The van der Waals surface area contributed by atoms with Crippen LogP contribution in [0.4, 0.5) is 10.5 Å². The molecule has 65 valence electrons. The molecule has 0 spiro atoms. The number of nitrogens with zero attached hydrogens (tertiary/aromatic N) is 2. The van der Waals surface area contributed by atoms with Crippen molar-refractivity contribution in [2.24, 2.45) is 5.10 Å². The molecular formula is C8H7N4O. The summed E-state index contributed by atoms with van der Waals surface area (Å²) in [6.45, 7) is 0. The summed E-state index contributed by atoms with van der Waals surface area (Å²) in [5.74, 6) is 0.463. The van der Waals surface area contributed by atoms with E-state index in [4.69, 9.17) is 5.73 Å². The van der Waals surface area contributed by atoms with Gasteiger partial charge in [-0.2, -0.15) is 0 Å². The maximum Gasteiger partial charge on any atom is 0.365 e. The van der Waals surface area contributed by atoms with Gasteiger partial charge in [-0.05, 0) is 24.3 Å². The zero-order chi connectivity index (χ0) is 9.26. The van der Waals surface area contributed by atoms with Crippen molar-refractivity contribution in [2.75, 3.05) is 5.73 Å². The van der Waals surface area contributed by atoms with Gasteiger partial charge >= 0.3 is 6.03 Å². The number of hydrogen-bond acceptors (Lipinski definition) is 3. The largest absolute Gasteiger partial charge is 0.399 e. The van der Waals surface area contributed by atoms with Crippen molar-refractivity contribution in [3.8, 4) is 0 Å². The van der Waals surface area contributed by atoms with E-state index in [1.165, 1.54) is 0 Å². The van der Waals surface area contributed by atoms with E-state index >= 15 is 0 Å². The summed E-state index contributed by atoms with van der Waals surface area (Å²) in [4.78, 5) is 10.7. The monoisotopic (exact) mass is 175 g/mol. The zero-order valence-electron chi connectivity index (χ0n) is 6.69. The maximum absolute atomic E-state index is 10.7. The number of carbonyl (C=O) groups excluding carboxylic acids is 1. The number of rotatable bonds is 1. The number of carbonyl (C=O) groups is 1. The van der Waals surface area contributed by atoms with E-state index in [0.717, 1.165) is 5.56 Å². The highest BCUT2D eigenvalue weighted by Crippen LogP contribution is 2.07. The van der Waals surface area contributed by atoms with E-state index in [-0.39, 0.29) is 0 Å². The molecule has 5 nitrogen and oxygen atoms in total. The second-order valence-electron chi connectivity index (χ2n) is 2.60. The van der Waals surface area contributed by atoms with Crippen molar-refractivity contribution in [1.29, 1.82) is 0 Å². The molecule has 0 aliphatic carbocycles. The van der Waals surface area contributed by atoms with E-state index in [9.17, 15) is 4.79 Å². The van der Waals surface area contributed by atoms with E-state index in [1.807, 2.05) is 0 Å². The molecule has 0 saturated heterocycles. The van der Waals surface area contributed by atoms with Crippen LogP contribution in [0.1, 0.15) is 5.56 Å². The third-order valence-corrected chi connectivity index (χ3v) is 1.65. The SMILES string of the molecule is Nc1ccc(C2=N[N]C(=O)N2)cc1. The van der Waals surface area contributed by atoms with Crippen LogP contribution in [0.25, 0.3) is 0 Å². The zero-order valence-corrected chi connectivity index (χ0v) is 6.69. The van der Waals surface area contributed by atoms with E-state index in [1.54, 1.807) is 24.3 Å². The predicted octanol–water partition coefficient (Wildman–Crippen LogP) is 0.258. The molecule has 3 N–H and O–H groups in total. The number of nitrogens with two attached hydrogens (primary N) is 1. The molecule has 1 heterocycles. The number of amidine groups is 1. The smallest absolute Gasteiger partial charge is 0.365 e. The Morgan fingerprint density at radius 1 is 1.23 bits per heavy atom. The van der Waals surface area contributed by atoms with Crippen LogP contribution in [0, 0.1) is 0 Å². The van der Waals surface area contributed by atoms with Crippen molar-refractivity contribution in [1.82, 2.24) is 10.7 Å². The molecule has 1 radical (unpaired) electrons. The van der Waals surface area contributed by atoms with Crippen LogP contribution >= 0.6 is 0 Å². The van der Waals surface area contributed by atoms with E-state index < -0.39 is 6.03 Å². The Kier molecular flexibility index (Phi) is 1.63. The van der Waals surface area contributed by atoms with Crippen molar-refractivity contribution in [3.63, 3.8) is 0 Å². The molecule has 1 aromatic rings. The van der Waals surface area contributed by atoms with Gasteiger partial charge in [0.15, 0.2) is 5.84 Å². The van der Waals surface area contributed by atoms with Crippen LogP contribution in [0.2, 0.25) is 0 Å². The molecule has 0 unspecified atom stereocenters. The lowest BCUT2D eigenvalue weighted by Gasteiger charge is -1.98. The molecule has 0 saturated carbocycles. The topological polar surface area (TPSA) is 81.6 Å². The summed E-state index contributed by atoms with van der Waals surface area (Å²) in [7, 11) is 0. The highest BCUT2D eigenvalue weighted by molar-refractivity contribution is 6.10. The molecule has 1 aliphatic heterocycles. The molecule has 1 aromatic carbocycles. The molecule has 0 atom stereocenters. The molecule has 13 heavy (non-hydrogen) atoms. The lowest BCUT2D eigenvalue weighted by atomic mass is 10.2. The van der Waals surface area contributed by atoms with Crippen molar-refractivity contribution in [2.45, 2.75) is 0 Å². The molecule has 2 amide bonds. The molecule has 5 heteroatoms. The standard InChI is InChI=1S/C8H7N4O/c9-6-3-1-5(2-4-6)7-10-8(13)12-11-7/h1-4H,9H2,(H,10,11,13). The first-order chi connectivity index (χ1) is 6.25. The number of hydrogen-bond donors (Lipinski definition) is 2. The number of nitrogens with one attached hydrogen (secondary N) is 1. The summed E-state index contributed by atoms with van der Waals surface area (Å²) in [6, 6.07) is 6.58. The van der Waals surface area contributed by atoms with Crippen LogP contribution in [0.3, 0.4) is 0 Å². The summed E-state index contributed by atoms with van der Waals surface area (Å²) < 4.78 is 0. The first-order valence-electron chi connectivity index (χ1n) is 3.71. The predicted molar refractivity (Wildman–Crippen MR) is 48.1 cm³/mol. The minimum Gasteiger partial charge on any atom is -0.399 e. The van der Waals surface area contributed by atoms with Crippen molar-refractivity contribution >= 4 is 17.6 Å². The Bertz CT molecular complexity index is 368. The number of amides is 2. The first-order valence-corrected chi connectivity index (χ1v) is 3.71. The van der Waals surface area contributed by atoms with Crippen LogP contribution in [-0.4, -0.2) is 11.9 Å². The molecular weight excluding hydrogens is 168 g/mol. The molecule has 2 rings (SSSR count). The number of urea groups is 1. The lowest BCUT2D eigenvalue weighted by Crippen LogP contribution is -2.25. The minimum atomic E-state index is -0.438. The fraction of sp³-hybridized carbons (Fsp3) is 0. The van der Waals surface area contributed by atoms with Crippen LogP contribution in [-0.2, 0) is 0 Å². The molecule has 0 aromatic heterocycles. The number of benzene rings is 1. The minimum absolute atomic E-state index is 0.438. The van der Waals surface area contributed by atoms with Gasteiger partial charge in [-0.25, -0.2) is 4.79 Å². The van der Waals surface area contributed by atoms with Gasteiger partial charge < -0.3 is 5.73 Å². The van der Waals surface area contributed by atoms with E-state index in [2.05, 4.69) is 15.8 Å². The summed E-state index contributed by atoms with van der Waals surface area (Å²) in [6.07, 6.45) is 0. The maximum atomic E-state index is 10.7. The van der Waals surface area contributed by atoms with E-state index in [0.29, 0.717) is 11.5 Å².